The lowest BCUT2D eigenvalue weighted by Crippen LogP contribution is -2.40. The fourth-order valence-corrected chi connectivity index (χ4v) is 2.61. The number of aromatic nitrogens is 1. The van der Waals surface area contributed by atoms with Crippen molar-refractivity contribution in [2.75, 3.05) is 11.4 Å². The Labute approximate surface area is 108 Å². The highest BCUT2D eigenvalue weighted by atomic mass is 32.1. The Morgan fingerprint density at radius 1 is 1.47 bits per heavy atom. The summed E-state index contributed by atoms with van der Waals surface area (Å²) in [5.41, 5.74) is 7.41. The molecule has 2 unspecified atom stereocenters. The quantitative estimate of drug-likeness (QED) is 0.817. The van der Waals surface area contributed by atoms with Crippen LogP contribution in [0.25, 0.3) is 0 Å². The van der Waals surface area contributed by atoms with Gasteiger partial charge in [-0.2, -0.15) is 0 Å². The van der Waals surface area contributed by atoms with Crippen molar-refractivity contribution in [2.24, 2.45) is 11.7 Å². The summed E-state index contributed by atoms with van der Waals surface area (Å²) in [5.74, 6) is 0.824. The second kappa shape index (κ2) is 5.00. The number of hydrogen-bond donors (Lipinski definition) is 1. The third-order valence-electron chi connectivity index (χ3n) is 3.47. The molecule has 0 amide bonds. The van der Waals surface area contributed by atoms with Crippen LogP contribution in [-0.2, 0) is 0 Å². The minimum absolute atomic E-state index is 0.358. The first-order valence-electron chi connectivity index (χ1n) is 6.10. The molecule has 1 saturated heterocycles. The fraction of sp³-hybridized carbons (Fsp3) is 0.538. The van der Waals surface area contributed by atoms with Crippen LogP contribution >= 0.6 is 12.2 Å². The van der Waals surface area contributed by atoms with E-state index in [0.717, 1.165) is 12.5 Å². The van der Waals surface area contributed by atoms with Crippen LogP contribution in [0, 0.1) is 5.92 Å². The van der Waals surface area contributed by atoms with Gasteiger partial charge < -0.3 is 10.6 Å². The molecule has 92 valence electrons. The summed E-state index contributed by atoms with van der Waals surface area (Å²) in [6.07, 6.45) is 4.37. The summed E-state index contributed by atoms with van der Waals surface area (Å²) in [7, 11) is 0. The lowest BCUT2D eigenvalue weighted by atomic mass is 9.93. The van der Waals surface area contributed by atoms with E-state index in [4.69, 9.17) is 18.0 Å². The molecule has 17 heavy (non-hydrogen) atoms. The Hall–Kier alpha value is -1.16. The zero-order valence-electron chi connectivity index (χ0n) is 10.4. The van der Waals surface area contributed by atoms with E-state index < -0.39 is 0 Å². The predicted octanol–water partition coefficient (Wildman–Crippen LogP) is 2.34. The molecule has 0 radical (unpaired) electrons. The Morgan fingerprint density at radius 2 is 2.24 bits per heavy atom. The molecule has 4 heteroatoms. The van der Waals surface area contributed by atoms with Crippen molar-refractivity contribution in [3.05, 3.63) is 24.0 Å². The number of rotatable bonds is 2. The Kier molecular flexibility index (Phi) is 3.62. The lowest BCUT2D eigenvalue weighted by molar-refractivity contribution is 0.378. The first-order valence-corrected chi connectivity index (χ1v) is 6.51. The van der Waals surface area contributed by atoms with Gasteiger partial charge in [0, 0.05) is 12.6 Å². The van der Waals surface area contributed by atoms with Crippen LogP contribution in [-0.4, -0.2) is 22.6 Å². The Morgan fingerprint density at radius 3 is 2.76 bits per heavy atom. The van der Waals surface area contributed by atoms with E-state index in [2.05, 4.69) is 29.8 Å². The molecule has 0 aromatic carbocycles. The maximum Gasteiger partial charge on any atom is 0.122 e. The van der Waals surface area contributed by atoms with Gasteiger partial charge in [0.1, 0.15) is 4.99 Å². The third-order valence-corrected chi connectivity index (χ3v) is 3.68. The molecule has 0 bridgehead atoms. The van der Waals surface area contributed by atoms with Crippen molar-refractivity contribution < 1.29 is 0 Å². The zero-order valence-corrected chi connectivity index (χ0v) is 11.2. The van der Waals surface area contributed by atoms with Crippen LogP contribution in [0.1, 0.15) is 32.4 Å². The normalized spacial score (nSPS) is 24.7. The Balaban J connectivity index is 2.14. The molecule has 1 fully saturated rings. The number of piperidine rings is 1. The van der Waals surface area contributed by atoms with Gasteiger partial charge in [-0.3, -0.25) is 4.98 Å². The molecule has 2 N–H and O–H groups in total. The first kappa shape index (κ1) is 12.3. The van der Waals surface area contributed by atoms with Crippen molar-refractivity contribution in [2.45, 2.75) is 32.7 Å². The third kappa shape index (κ3) is 2.75. The summed E-state index contributed by atoms with van der Waals surface area (Å²) >= 11 is 4.90. The molecule has 1 aliphatic heterocycles. The highest BCUT2D eigenvalue weighted by Gasteiger charge is 2.23. The van der Waals surface area contributed by atoms with E-state index in [0.29, 0.717) is 16.7 Å². The molecule has 1 aromatic heterocycles. The number of pyridine rings is 1. The van der Waals surface area contributed by atoms with Crippen LogP contribution in [0.15, 0.2) is 18.3 Å². The number of anilines is 1. The molecule has 2 rings (SSSR count). The van der Waals surface area contributed by atoms with E-state index in [9.17, 15) is 0 Å². The number of thiocarbonyl (C=S) groups is 1. The van der Waals surface area contributed by atoms with Gasteiger partial charge in [-0.15, -0.1) is 0 Å². The molecule has 3 nitrogen and oxygen atoms in total. The largest absolute Gasteiger partial charge is 0.388 e. The molecule has 2 atom stereocenters. The smallest absolute Gasteiger partial charge is 0.122 e. The SMILES string of the molecule is CC1CCN(c2ccc(C(N)=S)nc2)C(C)C1. The summed E-state index contributed by atoms with van der Waals surface area (Å²) in [5, 5.41) is 0. The van der Waals surface area contributed by atoms with Crippen LogP contribution in [0.3, 0.4) is 0 Å². The van der Waals surface area contributed by atoms with E-state index in [1.807, 2.05) is 12.3 Å². The summed E-state index contributed by atoms with van der Waals surface area (Å²) < 4.78 is 0. The second-order valence-corrected chi connectivity index (χ2v) is 5.38. The molecule has 0 saturated carbocycles. The summed E-state index contributed by atoms with van der Waals surface area (Å²) in [4.78, 5) is 7.07. The van der Waals surface area contributed by atoms with Crippen LogP contribution in [0.2, 0.25) is 0 Å². The fourth-order valence-electron chi connectivity index (χ4n) is 2.49. The summed E-state index contributed by atoms with van der Waals surface area (Å²) in [6.45, 7) is 5.70. The molecular formula is C13H19N3S. The second-order valence-electron chi connectivity index (χ2n) is 4.94. The van der Waals surface area contributed by atoms with E-state index in [-0.39, 0.29) is 0 Å². The lowest BCUT2D eigenvalue weighted by Gasteiger charge is -2.38. The van der Waals surface area contributed by atoms with Gasteiger partial charge in [-0.1, -0.05) is 19.1 Å². The van der Waals surface area contributed by atoms with Crippen molar-refractivity contribution in [1.29, 1.82) is 0 Å². The van der Waals surface area contributed by atoms with Gasteiger partial charge >= 0.3 is 0 Å². The molecule has 1 aliphatic rings. The van der Waals surface area contributed by atoms with Gasteiger partial charge in [0.25, 0.3) is 0 Å². The predicted molar refractivity (Wildman–Crippen MR) is 75.3 cm³/mol. The Bertz CT molecular complexity index is 402. The van der Waals surface area contributed by atoms with E-state index in [1.54, 1.807) is 0 Å². The summed E-state index contributed by atoms with van der Waals surface area (Å²) in [6, 6.07) is 4.55. The van der Waals surface area contributed by atoms with Gasteiger partial charge in [-0.25, -0.2) is 0 Å². The molecule has 1 aromatic rings. The van der Waals surface area contributed by atoms with Crippen LogP contribution < -0.4 is 10.6 Å². The molecule has 2 heterocycles. The van der Waals surface area contributed by atoms with Gasteiger partial charge in [0.05, 0.1) is 17.6 Å². The number of nitrogens with zero attached hydrogens (tertiary/aromatic N) is 2. The van der Waals surface area contributed by atoms with Crippen LogP contribution in [0.5, 0.6) is 0 Å². The molecule has 0 aliphatic carbocycles. The van der Waals surface area contributed by atoms with Gasteiger partial charge in [-0.05, 0) is 37.8 Å². The van der Waals surface area contributed by atoms with Gasteiger partial charge in [0.2, 0.25) is 0 Å². The number of hydrogen-bond acceptors (Lipinski definition) is 3. The molecule has 0 spiro atoms. The van der Waals surface area contributed by atoms with E-state index >= 15 is 0 Å². The topological polar surface area (TPSA) is 42.1 Å². The first-order chi connectivity index (χ1) is 8.08. The monoisotopic (exact) mass is 249 g/mol. The van der Waals surface area contributed by atoms with Crippen molar-refractivity contribution in [3.63, 3.8) is 0 Å². The maximum absolute atomic E-state index is 5.54. The highest BCUT2D eigenvalue weighted by Crippen LogP contribution is 2.27. The zero-order chi connectivity index (χ0) is 12.4. The van der Waals surface area contributed by atoms with E-state index in [1.165, 1.54) is 18.5 Å². The average molecular weight is 249 g/mol. The van der Waals surface area contributed by atoms with Crippen LogP contribution in [0.4, 0.5) is 5.69 Å². The van der Waals surface area contributed by atoms with Gasteiger partial charge in [0.15, 0.2) is 0 Å². The minimum Gasteiger partial charge on any atom is -0.388 e. The highest BCUT2D eigenvalue weighted by molar-refractivity contribution is 7.80. The average Bonchev–Trinajstić information content (AvgIpc) is 2.29. The van der Waals surface area contributed by atoms with Crippen molar-refractivity contribution in [3.8, 4) is 0 Å². The minimum atomic E-state index is 0.358. The standard InChI is InChI=1S/C13H19N3S/c1-9-5-6-16(10(2)7-9)11-3-4-12(13(14)17)15-8-11/h3-4,8-10H,5-7H2,1-2H3,(H2,14,17). The molecular weight excluding hydrogens is 230 g/mol. The van der Waals surface area contributed by atoms with Crippen molar-refractivity contribution >= 4 is 22.9 Å². The number of nitrogens with two attached hydrogens (primary N) is 1. The van der Waals surface area contributed by atoms with Crippen molar-refractivity contribution in [1.82, 2.24) is 4.98 Å². The maximum atomic E-state index is 5.54.